The van der Waals surface area contributed by atoms with Crippen molar-refractivity contribution < 1.29 is 4.79 Å². The van der Waals surface area contributed by atoms with Gasteiger partial charge < -0.3 is 15.1 Å². The van der Waals surface area contributed by atoms with Gasteiger partial charge in [-0.1, -0.05) is 13.3 Å². The van der Waals surface area contributed by atoms with Gasteiger partial charge in [0.25, 0.3) is 0 Å². The van der Waals surface area contributed by atoms with Crippen molar-refractivity contribution in [2.45, 2.75) is 33.6 Å². The molecule has 0 radical (unpaired) electrons. The number of aliphatic imine (C=N–C) groups is 1. The highest BCUT2D eigenvalue weighted by Crippen LogP contribution is 2.03. The highest BCUT2D eigenvalue weighted by Gasteiger charge is 2.20. The van der Waals surface area contributed by atoms with E-state index in [1.807, 2.05) is 4.90 Å². The molecule has 0 spiro atoms. The Balaban J connectivity index is 2.49. The van der Waals surface area contributed by atoms with E-state index in [0.717, 1.165) is 51.6 Å². The molecule has 1 aliphatic rings. The third-order valence-electron chi connectivity index (χ3n) is 3.13. The average Bonchev–Trinajstić information content (AvgIpc) is 2.38. The first-order valence-corrected chi connectivity index (χ1v) is 6.97. The normalized spacial score (nSPS) is 16.9. The van der Waals surface area contributed by atoms with Crippen LogP contribution in [0.25, 0.3) is 0 Å². The molecule has 1 N–H and O–H groups in total. The number of carbonyl (C=O) groups excluding carboxylic acids is 1. The fraction of sp³-hybridized carbons (Fsp3) is 0.846. The third kappa shape index (κ3) is 4.55. The minimum absolute atomic E-state index is 0.169. The van der Waals surface area contributed by atoms with Gasteiger partial charge in [0, 0.05) is 46.2 Å². The summed E-state index contributed by atoms with van der Waals surface area (Å²) >= 11 is 0. The summed E-state index contributed by atoms with van der Waals surface area (Å²) in [5.74, 6) is 1.16. The molecule has 1 heterocycles. The van der Waals surface area contributed by atoms with Crippen molar-refractivity contribution in [2.75, 3.05) is 39.3 Å². The molecule has 18 heavy (non-hydrogen) atoms. The van der Waals surface area contributed by atoms with Gasteiger partial charge in [-0.15, -0.1) is 0 Å². The molecule has 104 valence electrons. The van der Waals surface area contributed by atoms with Crippen molar-refractivity contribution in [1.82, 2.24) is 15.1 Å². The van der Waals surface area contributed by atoms with E-state index in [9.17, 15) is 4.79 Å². The quantitative estimate of drug-likeness (QED) is 0.461. The standard InChI is InChI=1S/C13H26N4O/c1-4-6-7-15-13(14-5-2)17-10-8-16(9-11-17)12(3)18/h4-11H2,1-3H3,(H,14,15). The highest BCUT2D eigenvalue weighted by atomic mass is 16.2. The van der Waals surface area contributed by atoms with E-state index in [2.05, 4.69) is 29.1 Å². The van der Waals surface area contributed by atoms with Crippen molar-refractivity contribution in [2.24, 2.45) is 4.99 Å². The largest absolute Gasteiger partial charge is 0.357 e. The van der Waals surface area contributed by atoms with Gasteiger partial charge in [0.15, 0.2) is 5.96 Å². The maximum Gasteiger partial charge on any atom is 0.219 e. The van der Waals surface area contributed by atoms with E-state index >= 15 is 0 Å². The number of nitrogens with one attached hydrogen (secondary N) is 1. The number of nitrogens with zero attached hydrogens (tertiary/aromatic N) is 3. The van der Waals surface area contributed by atoms with E-state index in [4.69, 9.17) is 0 Å². The van der Waals surface area contributed by atoms with Gasteiger partial charge in [0.1, 0.15) is 0 Å². The molecule has 0 aromatic rings. The molecule has 5 heteroatoms. The van der Waals surface area contributed by atoms with Gasteiger partial charge in [-0.2, -0.15) is 0 Å². The fourth-order valence-corrected chi connectivity index (χ4v) is 2.00. The van der Waals surface area contributed by atoms with Gasteiger partial charge in [0.2, 0.25) is 5.91 Å². The molecule has 1 amide bonds. The lowest BCUT2D eigenvalue weighted by atomic mass is 10.3. The summed E-state index contributed by atoms with van der Waals surface area (Å²) < 4.78 is 0. The molecule has 1 aliphatic heterocycles. The molecule has 1 fully saturated rings. The second kappa shape index (κ2) is 7.95. The van der Waals surface area contributed by atoms with Gasteiger partial charge in [-0.3, -0.25) is 9.79 Å². The van der Waals surface area contributed by atoms with Crippen molar-refractivity contribution in [3.8, 4) is 0 Å². The van der Waals surface area contributed by atoms with Gasteiger partial charge in [-0.05, 0) is 13.3 Å². The van der Waals surface area contributed by atoms with E-state index in [1.165, 1.54) is 6.42 Å². The predicted octanol–water partition coefficient (Wildman–Crippen LogP) is 0.916. The van der Waals surface area contributed by atoms with Crippen molar-refractivity contribution in [3.05, 3.63) is 0 Å². The van der Waals surface area contributed by atoms with E-state index in [-0.39, 0.29) is 5.91 Å². The van der Waals surface area contributed by atoms with Crippen molar-refractivity contribution >= 4 is 11.9 Å². The van der Waals surface area contributed by atoms with Crippen LogP contribution in [0, 0.1) is 0 Å². The molecular formula is C13H26N4O. The number of piperazine rings is 1. The number of carbonyl (C=O) groups is 1. The summed E-state index contributed by atoms with van der Waals surface area (Å²) in [5, 5.41) is 3.33. The Morgan fingerprint density at radius 3 is 2.28 bits per heavy atom. The molecule has 0 atom stereocenters. The van der Waals surface area contributed by atoms with Crippen LogP contribution in [0.3, 0.4) is 0 Å². The monoisotopic (exact) mass is 254 g/mol. The Labute approximate surface area is 110 Å². The second-order valence-corrected chi connectivity index (χ2v) is 4.58. The minimum Gasteiger partial charge on any atom is -0.357 e. The zero-order valence-electron chi connectivity index (χ0n) is 11.9. The lowest BCUT2D eigenvalue weighted by molar-refractivity contribution is -0.130. The zero-order valence-corrected chi connectivity index (χ0v) is 11.9. The molecule has 0 saturated carbocycles. The Hall–Kier alpha value is -1.26. The fourth-order valence-electron chi connectivity index (χ4n) is 2.00. The number of hydrogen-bond donors (Lipinski definition) is 1. The lowest BCUT2D eigenvalue weighted by Gasteiger charge is -2.36. The van der Waals surface area contributed by atoms with E-state index < -0.39 is 0 Å². The maximum atomic E-state index is 11.3. The van der Waals surface area contributed by atoms with Crippen LogP contribution in [0.1, 0.15) is 33.6 Å². The van der Waals surface area contributed by atoms with Crippen LogP contribution < -0.4 is 5.32 Å². The van der Waals surface area contributed by atoms with Crippen molar-refractivity contribution in [3.63, 3.8) is 0 Å². The van der Waals surface area contributed by atoms with Crippen LogP contribution in [0.4, 0.5) is 0 Å². The van der Waals surface area contributed by atoms with E-state index in [1.54, 1.807) is 6.92 Å². The zero-order chi connectivity index (χ0) is 13.4. The molecule has 0 unspecified atom stereocenters. The molecule has 0 aliphatic carbocycles. The summed E-state index contributed by atoms with van der Waals surface area (Å²) in [7, 11) is 0. The Kier molecular flexibility index (Phi) is 6.54. The number of hydrogen-bond acceptors (Lipinski definition) is 2. The highest BCUT2D eigenvalue weighted by molar-refractivity contribution is 5.80. The number of unbranched alkanes of at least 4 members (excludes halogenated alkanes) is 1. The Morgan fingerprint density at radius 2 is 1.78 bits per heavy atom. The summed E-state index contributed by atoms with van der Waals surface area (Å²) in [5.41, 5.74) is 0. The van der Waals surface area contributed by atoms with Gasteiger partial charge >= 0.3 is 0 Å². The first-order valence-electron chi connectivity index (χ1n) is 6.97. The molecule has 5 nitrogen and oxygen atoms in total. The Bertz CT molecular complexity index is 283. The maximum absolute atomic E-state index is 11.3. The molecule has 0 aromatic carbocycles. The molecule has 1 saturated heterocycles. The second-order valence-electron chi connectivity index (χ2n) is 4.58. The number of guanidine groups is 1. The summed E-state index contributed by atoms with van der Waals surface area (Å²) in [6.07, 6.45) is 2.29. The molecular weight excluding hydrogens is 228 g/mol. The smallest absolute Gasteiger partial charge is 0.219 e. The minimum atomic E-state index is 0.169. The Morgan fingerprint density at radius 1 is 1.17 bits per heavy atom. The van der Waals surface area contributed by atoms with Crippen LogP contribution in [-0.4, -0.2) is 60.9 Å². The van der Waals surface area contributed by atoms with Gasteiger partial charge in [-0.25, -0.2) is 0 Å². The summed E-state index contributed by atoms with van der Waals surface area (Å²) in [4.78, 5) is 20.0. The summed E-state index contributed by atoms with van der Waals surface area (Å²) in [6, 6.07) is 0. The first kappa shape index (κ1) is 14.8. The van der Waals surface area contributed by atoms with Gasteiger partial charge in [0.05, 0.1) is 0 Å². The number of amides is 1. The van der Waals surface area contributed by atoms with Crippen LogP contribution in [-0.2, 0) is 4.79 Å². The molecule has 1 rings (SSSR count). The van der Waals surface area contributed by atoms with Crippen molar-refractivity contribution in [1.29, 1.82) is 0 Å². The van der Waals surface area contributed by atoms with Crippen LogP contribution in [0.15, 0.2) is 4.99 Å². The van der Waals surface area contributed by atoms with Crippen LogP contribution >= 0.6 is 0 Å². The lowest BCUT2D eigenvalue weighted by Crippen LogP contribution is -2.53. The number of rotatable bonds is 4. The summed E-state index contributed by atoms with van der Waals surface area (Å²) in [6.45, 7) is 11.0. The first-order chi connectivity index (χ1) is 8.69. The third-order valence-corrected chi connectivity index (χ3v) is 3.13. The van der Waals surface area contributed by atoms with Crippen LogP contribution in [0.2, 0.25) is 0 Å². The molecule has 0 aromatic heterocycles. The topological polar surface area (TPSA) is 47.9 Å². The molecule has 0 bridgehead atoms. The van der Waals surface area contributed by atoms with E-state index in [0.29, 0.717) is 0 Å². The predicted molar refractivity (Wildman–Crippen MR) is 74.7 cm³/mol. The van der Waals surface area contributed by atoms with Crippen LogP contribution in [0.5, 0.6) is 0 Å². The SMILES string of the molecule is CCCCN=C(NCC)N1CCN(C(C)=O)CC1. The average molecular weight is 254 g/mol.